The van der Waals surface area contributed by atoms with Gasteiger partial charge in [-0.2, -0.15) is 0 Å². The van der Waals surface area contributed by atoms with Crippen molar-refractivity contribution in [3.63, 3.8) is 0 Å². The molecule has 94 valence electrons. The summed E-state index contributed by atoms with van der Waals surface area (Å²) < 4.78 is 5.16. The van der Waals surface area contributed by atoms with Crippen molar-refractivity contribution < 1.29 is 9.53 Å². The molecule has 0 saturated carbocycles. The van der Waals surface area contributed by atoms with E-state index in [2.05, 4.69) is 24.1 Å². The number of hydrogen-bond donors (Lipinski definition) is 1. The number of hydrogen-bond acceptors (Lipinski definition) is 4. The van der Waals surface area contributed by atoms with Crippen molar-refractivity contribution in [2.45, 2.75) is 45.7 Å². The van der Waals surface area contributed by atoms with Gasteiger partial charge < -0.3 is 10.1 Å². The van der Waals surface area contributed by atoms with Crippen molar-refractivity contribution in [2.75, 3.05) is 26.2 Å². The lowest BCUT2D eigenvalue weighted by atomic mass is 10.1. The Kier molecular flexibility index (Phi) is 5.77. The summed E-state index contributed by atoms with van der Waals surface area (Å²) in [5.41, 5.74) is 0. The molecule has 1 rings (SSSR count). The summed E-state index contributed by atoms with van der Waals surface area (Å²) in [7, 11) is 0. The van der Waals surface area contributed by atoms with Gasteiger partial charge in [-0.05, 0) is 20.3 Å². The Hall–Kier alpha value is -0.610. The molecule has 0 amide bonds. The van der Waals surface area contributed by atoms with Crippen LogP contribution in [0, 0.1) is 0 Å². The van der Waals surface area contributed by atoms with Gasteiger partial charge in [0.15, 0.2) is 0 Å². The molecule has 1 heterocycles. The first kappa shape index (κ1) is 13.5. The zero-order valence-electron chi connectivity index (χ0n) is 10.7. The lowest BCUT2D eigenvalue weighted by Gasteiger charge is -2.38. The van der Waals surface area contributed by atoms with Gasteiger partial charge in [-0.25, -0.2) is 0 Å². The van der Waals surface area contributed by atoms with Crippen LogP contribution in [0.2, 0.25) is 0 Å². The minimum Gasteiger partial charge on any atom is -0.465 e. The Bertz CT molecular complexity index is 221. The quantitative estimate of drug-likeness (QED) is 0.713. The van der Waals surface area contributed by atoms with Crippen molar-refractivity contribution in [3.8, 4) is 0 Å². The van der Waals surface area contributed by atoms with Crippen LogP contribution >= 0.6 is 0 Å². The van der Waals surface area contributed by atoms with Gasteiger partial charge in [0.2, 0.25) is 0 Å². The predicted molar refractivity (Wildman–Crippen MR) is 64.4 cm³/mol. The van der Waals surface area contributed by atoms with Gasteiger partial charge in [0, 0.05) is 25.7 Å². The molecule has 0 aromatic heterocycles. The summed E-state index contributed by atoms with van der Waals surface area (Å²) in [5, 5.41) is 3.34. The van der Waals surface area contributed by atoms with Crippen molar-refractivity contribution in [1.29, 1.82) is 0 Å². The molecule has 4 heteroatoms. The molecule has 0 radical (unpaired) electrons. The van der Waals surface area contributed by atoms with Crippen LogP contribution in [0.1, 0.15) is 33.6 Å². The van der Waals surface area contributed by atoms with Crippen molar-refractivity contribution in [2.24, 2.45) is 0 Å². The number of carbonyl (C=O) groups excluding carboxylic acids is 1. The monoisotopic (exact) mass is 228 g/mol. The molecular formula is C12H24N2O2. The van der Waals surface area contributed by atoms with E-state index in [1.54, 1.807) is 0 Å². The highest BCUT2D eigenvalue weighted by atomic mass is 16.5. The fourth-order valence-electron chi connectivity index (χ4n) is 2.25. The second-order valence-corrected chi connectivity index (χ2v) is 4.35. The first-order valence-electron chi connectivity index (χ1n) is 6.33. The van der Waals surface area contributed by atoms with E-state index in [4.69, 9.17) is 4.74 Å². The van der Waals surface area contributed by atoms with E-state index in [1.165, 1.54) is 0 Å². The standard InChI is InChI=1S/C12H24N2O2/c1-4-6-11(12(15)16-5-2)14-8-7-13-9-10(14)3/h10-11,13H,4-9H2,1-3H3/t10-,11?/m1/s1. The lowest BCUT2D eigenvalue weighted by molar-refractivity contribution is -0.151. The third kappa shape index (κ3) is 3.46. The van der Waals surface area contributed by atoms with Gasteiger partial charge in [-0.1, -0.05) is 13.3 Å². The van der Waals surface area contributed by atoms with Gasteiger partial charge in [-0.15, -0.1) is 0 Å². The normalized spacial score (nSPS) is 24.1. The summed E-state index contributed by atoms with van der Waals surface area (Å²) in [4.78, 5) is 14.2. The predicted octanol–water partition coefficient (Wildman–Crippen LogP) is 1.01. The topological polar surface area (TPSA) is 41.6 Å². The molecule has 16 heavy (non-hydrogen) atoms. The van der Waals surface area contributed by atoms with Crippen molar-refractivity contribution in [3.05, 3.63) is 0 Å². The van der Waals surface area contributed by atoms with E-state index in [-0.39, 0.29) is 12.0 Å². The minimum absolute atomic E-state index is 0.0537. The first-order chi connectivity index (χ1) is 7.70. The Morgan fingerprint density at radius 3 is 2.88 bits per heavy atom. The third-order valence-electron chi connectivity index (χ3n) is 3.07. The molecule has 1 saturated heterocycles. The summed E-state index contributed by atoms with van der Waals surface area (Å²) >= 11 is 0. The molecule has 1 N–H and O–H groups in total. The van der Waals surface area contributed by atoms with Crippen LogP contribution in [0.5, 0.6) is 0 Å². The summed E-state index contributed by atoms with van der Waals surface area (Å²) in [5.74, 6) is -0.0573. The van der Waals surface area contributed by atoms with Gasteiger partial charge in [0.05, 0.1) is 6.61 Å². The van der Waals surface area contributed by atoms with Crippen LogP contribution in [0.25, 0.3) is 0 Å². The molecule has 0 aromatic rings. The summed E-state index contributed by atoms with van der Waals surface area (Å²) in [6, 6.07) is 0.358. The van der Waals surface area contributed by atoms with E-state index < -0.39 is 0 Å². The van der Waals surface area contributed by atoms with Gasteiger partial charge >= 0.3 is 5.97 Å². The van der Waals surface area contributed by atoms with Crippen molar-refractivity contribution in [1.82, 2.24) is 10.2 Å². The van der Waals surface area contributed by atoms with Crippen LogP contribution in [-0.4, -0.2) is 49.2 Å². The largest absolute Gasteiger partial charge is 0.465 e. The van der Waals surface area contributed by atoms with Crippen LogP contribution in [0.15, 0.2) is 0 Å². The van der Waals surface area contributed by atoms with Crippen LogP contribution in [0.4, 0.5) is 0 Å². The molecule has 2 atom stereocenters. The Labute approximate surface area is 98.3 Å². The first-order valence-corrected chi connectivity index (χ1v) is 6.33. The fourth-order valence-corrected chi connectivity index (χ4v) is 2.25. The number of nitrogens with zero attached hydrogens (tertiary/aromatic N) is 1. The average molecular weight is 228 g/mol. The molecule has 0 aliphatic carbocycles. The lowest BCUT2D eigenvalue weighted by Crippen LogP contribution is -2.56. The van der Waals surface area contributed by atoms with Gasteiger partial charge in [0.25, 0.3) is 0 Å². The summed E-state index contributed by atoms with van der Waals surface area (Å²) in [6.07, 6.45) is 1.91. The van der Waals surface area contributed by atoms with E-state index in [0.717, 1.165) is 32.5 Å². The van der Waals surface area contributed by atoms with Crippen LogP contribution < -0.4 is 5.32 Å². The summed E-state index contributed by atoms with van der Waals surface area (Å²) in [6.45, 7) is 9.46. The molecule has 1 fully saturated rings. The average Bonchev–Trinajstić information content (AvgIpc) is 2.27. The number of ether oxygens (including phenoxy) is 1. The number of esters is 1. The van der Waals surface area contributed by atoms with Crippen LogP contribution in [-0.2, 0) is 9.53 Å². The molecule has 0 aromatic carbocycles. The minimum atomic E-state index is -0.0573. The second kappa shape index (κ2) is 6.86. The van der Waals surface area contributed by atoms with Crippen molar-refractivity contribution >= 4 is 5.97 Å². The highest BCUT2D eigenvalue weighted by molar-refractivity contribution is 5.75. The third-order valence-corrected chi connectivity index (χ3v) is 3.07. The number of carbonyl (C=O) groups is 1. The number of nitrogens with one attached hydrogen (secondary N) is 1. The van der Waals surface area contributed by atoms with E-state index >= 15 is 0 Å². The van der Waals surface area contributed by atoms with E-state index in [1.807, 2.05) is 6.92 Å². The highest BCUT2D eigenvalue weighted by Crippen LogP contribution is 2.14. The molecule has 0 bridgehead atoms. The number of piperazine rings is 1. The molecule has 0 spiro atoms. The fraction of sp³-hybridized carbons (Fsp3) is 0.917. The zero-order valence-corrected chi connectivity index (χ0v) is 10.7. The molecule has 1 aliphatic heterocycles. The molecule has 4 nitrogen and oxygen atoms in total. The molecule has 1 unspecified atom stereocenters. The van der Waals surface area contributed by atoms with E-state index in [0.29, 0.717) is 12.6 Å². The molecular weight excluding hydrogens is 204 g/mol. The Balaban J connectivity index is 2.63. The Morgan fingerprint density at radius 1 is 1.56 bits per heavy atom. The maximum Gasteiger partial charge on any atom is 0.323 e. The van der Waals surface area contributed by atoms with Crippen LogP contribution in [0.3, 0.4) is 0 Å². The maximum atomic E-state index is 11.9. The van der Waals surface area contributed by atoms with Gasteiger partial charge in [0.1, 0.15) is 6.04 Å². The Morgan fingerprint density at radius 2 is 2.31 bits per heavy atom. The van der Waals surface area contributed by atoms with E-state index in [9.17, 15) is 4.79 Å². The second-order valence-electron chi connectivity index (χ2n) is 4.35. The highest BCUT2D eigenvalue weighted by Gasteiger charge is 2.31. The number of rotatable bonds is 5. The molecule has 1 aliphatic rings. The SMILES string of the molecule is CCCC(C(=O)OCC)N1CCNC[C@H]1C. The smallest absolute Gasteiger partial charge is 0.323 e. The zero-order chi connectivity index (χ0) is 12.0. The maximum absolute atomic E-state index is 11.9. The van der Waals surface area contributed by atoms with Gasteiger partial charge in [-0.3, -0.25) is 9.69 Å².